The maximum atomic E-state index is 12.5. The average Bonchev–Trinajstić information content (AvgIpc) is 3.05. The second kappa shape index (κ2) is 6.51. The molecule has 1 aliphatic rings. The summed E-state index contributed by atoms with van der Waals surface area (Å²) >= 11 is 0. The second-order valence-corrected chi connectivity index (χ2v) is 6.43. The van der Waals surface area contributed by atoms with E-state index >= 15 is 0 Å². The molecular formula is C20H20N4O. The van der Waals surface area contributed by atoms with Crippen molar-refractivity contribution in [2.45, 2.75) is 31.8 Å². The van der Waals surface area contributed by atoms with E-state index in [-0.39, 0.29) is 18.0 Å². The quantitative estimate of drug-likeness (QED) is 0.799. The van der Waals surface area contributed by atoms with Crippen molar-refractivity contribution in [2.24, 2.45) is 0 Å². The molecule has 1 aromatic heterocycles. The standard InChI is InChI=1S/C20H20N4O/c1-14-20(25)21-17(12-15-8-4-2-5-9-15)19-23-22-18(24(14)19)13-16-10-6-3-7-11-16/h2-11,14,17H,12-13H2,1H3,(H,21,25)/t14-,17-/m0/s1. The van der Waals surface area contributed by atoms with E-state index in [1.165, 1.54) is 5.56 Å². The van der Waals surface area contributed by atoms with Gasteiger partial charge in [0.05, 0.1) is 6.04 Å². The Morgan fingerprint density at radius 3 is 2.28 bits per heavy atom. The molecular weight excluding hydrogens is 312 g/mol. The molecule has 126 valence electrons. The van der Waals surface area contributed by atoms with E-state index in [0.717, 1.165) is 17.2 Å². The van der Waals surface area contributed by atoms with E-state index in [4.69, 9.17) is 0 Å². The number of rotatable bonds is 4. The van der Waals surface area contributed by atoms with Gasteiger partial charge in [0.15, 0.2) is 5.82 Å². The van der Waals surface area contributed by atoms with Gasteiger partial charge in [-0.15, -0.1) is 10.2 Å². The molecule has 0 aliphatic carbocycles. The van der Waals surface area contributed by atoms with Gasteiger partial charge >= 0.3 is 0 Å². The number of carbonyl (C=O) groups is 1. The molecule has 2 atom stereocenters. The Hall–Kier alpha value is -2.95. The Labute approximate surface area is 146 Å². The molecule has 1 amide bonds. The van der Waals surface area contributed by atoms with Crippen molar-refractivity contribution < 1.29 is 4.79 Å². The molecule has 0 unspecified atom stereocenters. The molecule has 2 aromatic carbocycles. The van der Waals surface area contributed by atoms with Crippen molar-refractivity contribution in [3.05, 3.63) is 83.4 Å². The first kappa shape index (κ1) is 15.6. The van der Waals surface area contributed by atoms with E-state index in [1.54, 1.807) is 0 Å². The number of hydrogen-bond donors (Lipinski definition) is 1. The van der Waals surface area contributed by atoms with Crippen LogP contribution < -0.4 is 5.32 Å². The number of nitrogens with zero attached hydrogens (tertiary/aromatic N) is 3. The van der Waals surface area contributed by atoms with Crippen LogP contribution in [0.25, 0.3) is 0 Å². The minimum absolute atomic E-state index is 0.0162. The third kappa shape index (κ3) is 3.05. The number of amides is 1. The van der Waals surface area contributed by atoms with Crippen LogP contribution in [0.2, 0.25) is 0 Å². The van der Waals surface area contributed by atoms with Gasteiger partial charge in [-0.3, -0.25) is 4.79 Å². The molecule has 0 bridgehead atoms. The van der Waals surface area contributed by atoms with Crippen LogP contribution in [0.3, 0.4) is 0 Å². The monoisotopic (exact) mass is 332 g/mol. The van der Waals surface area contributed by atoms with Crippen LogP contribution in [0, 0.1) is 0 Å². The van der Waals surface area contributed by atoms with Crippen LogP contribution in [-0.2, 0) is 17.6 Å². The van der Waals surface area contributed by atoms with Crippen molar-refractivity contribution >= 4 is 5.91 Å². The smallest absolute Gasteiger partial charge is 0.243 e. The number of aromatic nitrogens is 3. The Morgan fingerprint density at radius 1 is 0.960 bits per heavy atom. The molecule has 0 spiro atoms. The maximum absolute atomic E-state index is 12.5. The van der Waals surface area contributed by atoms with E-state index in [2.05, 4.69) is 39.8 Å². The van der Waals surface area contributed by atoms with Crippen molar-refractivity contribution in [2.75, 3.05) is 0 Å². The Balaban J connectivity index is 1.67. The summed E-state index contributed by atoms with van der Waals surface area (Å²) in [5.41, 5.74) is 2.33. The first-order chi connectivity index (χ1) is 12.2. The Morgan fingerprint density at radius 2 is 1.60 bits per heavy atom. The number of fused-ring (bicyclic) bond motifs is 1. The SMILES string of the molecule is C[C@H]1C(=O)N[C@@H](Cc2ccccc2)c2nnc(Cc3ccccc3)n21. The highest BCUT2D eigenvalue weighted by Gasteiger charge is 2.34. The molecule has 0 saturated heterocycles. The van der Waals surface area contributed by atoms with E-state index in [1.807, 2.05) is 47.9 Å². The summed E-state index contributed by atoms with van der Waals surface area (Å²) < 4.78 is 2.00. The summed E-state index contributed by atoms with van der Waals surface area (Å²) in [6, 6.07) is 19.8. The van der Waals surface area contributed by atoms with Gasteiger partial charge in [0, 0.05) is 6.42 Å². The van der Waals surface area contributed by atoms with Gasteiger partial charge in [0.2, 0.25) is 5.91 Å². The lowest BCUT2D eigenvalue weighted by Crippen LogP contribution is -2.42. The summed E-state index contributed by atoms with van der Waals surface area (Å²) in [6.45, 7) is 1.90. The van der Waals surface area contributed by atoms with Crippen LogP contribution in [0.15, 0.2) is 60.7 Å². The minimum Gasteiger partial charge on any atom is -0.344 e. The normalized spacial score (nSPS) is 19.3. The van der Waals surface area contributed by atoms with Crippen molar-refractivity contribution in [1.82, 2.24) is 20.1 Å². The van der Waals surface area contributed by atoms with Gasteiger partial charge in [-0.05, 0) is 24.5 Å². The summed E-state index contributed by atoms with van der Waals surface area (Å²) in [5.74, 6) is 1.69. The molecule has 0 radical (unpaired) electrons. The number of nitrogens with one attached hydrogen (secondary N) is 1. The first-order valence-electron chi connectivity index (χ1n) is 8.54. The van der Waals surface area contributed by atoms with Gasteiger partial charge in [-0.1, -0.05) is 60.7 Å². The predicted molar refractivity (Wildman–Crippen MR) is 95.0 cm³/mol. The highest BCUT2D eigenvalue weighted by atomic mass is 16.2. The fraction of sp³-hybridized carbons (Fsp3) is 0.250. The Bertz CT molecular complexity index is 873. The molecule has 1 aliphatic heterocycles. The third-order valence-electron chi connectivity index (χ3n) is 4.68. The van der Waals surface area contributed by atoms with Crippen LogP contribution in [0.5, 0.6) is 0 Å². The highest BCUT2D eigenvalue weighted by Crippen LogP contribution is 2.27. The molecule has 25 heavy (non-hydrogen) atoms. The third-order valence-corrected chi connectivity index (χ3v) is 4.68. The zero-order chi connectivity index (χ0) is 17.2. The van der Waals surface area contributed by atoms with E-state index in [0.29, 0.717) is 12.8 Å². The van der Waals surface area contributed by atoms with Crippen LogP contribution in [0.4, 0.5) is 0 Å². The summed E-state index contributed by atoms with van der Waals surface area (Å²) in [7, 11) is 0. The topological polar surface area (TPSA) is 59.8 Å². The van der Waals surface area contributed by atoms with Gasteiger partial charge in [0.1, 0.15) is 11.9 Å². The lowest BCUT2D eigenvalue weighted by Gasteiger charge is -2.29. The molecule has 0 saturated carbocycles. The lowest BCUT2D eigenvalue weighted by atomic mass is 10.0. The number of hydrogen-bond acceptors (Lipinski definition) is 3. The van der Waals surface area contributed by atoms with E-state index < -0.39 is 0 Å². The zero-order valence-electron chi connectivity index (χ0n) is 14.1. The van der Waals surface area contributed by atoms with Crippen molar-refractivity contribution in [3.8, 4) is 0 Å². The van der Waals surface area contributed by atoms with Crippen LogP contribution >= 0.6 is 0 Å². The fourth-order valence-corrected chi connectivity index (χ4v) is 3.36. The number of carbonyl (C=O) groups excluding carboxylic acids is 1. The Kier molecular flexibility index (Phi) is 4.06. The van der Waals surface area contributed by atoms with Gasteiger partial charge < -0.3 is 9.88 Å². The van der Waals surface area contributed by atoms with E-state index in [9.17, 15) is 4.79 Å². The maximum Gasteiger partial charge on any atom is 0.243 e. The zero-order valence-corrected chi connectivity index (χ0v) is 14.1. The second-order valence-electron chi connectivity index (χ2n) is 6.43. The summed E-state index contributed by atoms with van der Waals surface area (Å²) in [4.78, 5) is 12.5. The van der Waals surface area contributed by atoms with Gasteiger partial charge in [-0.2, -0.15) is 0 Å². The van der Waals surface area contributed by atoms with Gasteiger partial charge in [0.25, 0.3) is 0 Å². The summed E-state index contributed by atoms with van der Waals surface area (Å²) in [5, 5.41) is 11.9. The first-order valence-corrected chi connectivity index (χ1v) is 8.54. The van der Waals surface area contributed by atoms with Gasteiger partial charge in [-0.25, -0.2) is 0 Å². The van der Waals surface area contributed by atoms with Crippen LogP contribution in [-0.4, -0.2) is 20.7 Å². The molecule has 0 fully saturated rings. The molecule has 5 nitrogen and oxygen atoms in total. The molecule has 2 heterocycles. The molecule has 3 aromatic rings. The average molecular weight is 332 g/mol. The number of benzene rings is 2. The summed E-state index contributed by atoms with van der Waals surface area (Å²) in [6.07, 6.45) is 1.38. The molecule has 5 heteroatoms. The molecule has 1 N–H and O–H groups in total. The molecule has 4 rings (SSSR count). The lowest BCUT2D eigenvalue weighted by molar-refractivity contribution is -0.126. The fourth-order valence-electron chi connectivity index (χ4n) is 3.36. The highest BCUT2D eigenvalue weighted by molar-refractivity contribution is 5.81. The minimum atomic E-state index is -0.296. The van der Waals surface area contributed by atoms with Crippen molar-refractivity contribution in [1.29, 1.82) is 0 Å². The van der Waals surface area contributed by atoms with Crippen molar-refractivity contribution in [3.63, 3.8) is 0 Å². The largest absolute Gasteiger partial charge is 0.344 e. The van der Waals surface area contributed by atoms with Crippen LogP contribution in [0.1, 0.15) is 41.8 Å². The predicted octanol–water partition coefficient (Wildman–Crippen LogP) is 2.84.